The first-order valence-electron chi connectivity index (χ1n) is 10.4. The van der Waals surface area contributed by atoms with E-state index in [1.54, 1.807) is 23.3 Å². The molecule has 5 nitrogen and oxygen atoms in total. The average Bonchev–Trinajstić information content (AvgIpc) is 3.20. The maximum absolute atomic E-state index is 13.8. The summed E-state index contributed by atoms with van der Waals surface area (Å²) in [5.41, 5.74) is 2.74. The van der Waals surface area contributed by atoms with Crippen LogP contribution in [0.1, 0.15) is 22.8 Å². The van der Waals surface area contributed by atoms with E-state index in [2.05, 4.69) is 24.0 Å². The molecule has 1 heterocycles. The monoisotopic (exact) mass is 433 g/mol. The van der Waals surface area contributed by atoms with Gasteiger partial charge in [-0.3, -0.25) is 9.69 Å². The molecule has 3 aromatic carbocycles. The van der Waals surface area contributed by atoms with Crippen molar-refractivity contribution in [3.63, 3.8) is 0 Å². The number of likely N-dealkylation sites (N-methyl/N-ethyl adjacent to an activating group) is 1. The molecule has 0 N–H and O–H groups in total. The highest BCUT2D eigenvalue weighted by atomic mass is 32.1. The van der Waals surface area contributed by atoms with Crippen molar-refractivity contribution >= 4 is 43.4 Å². The van der Waals surface area contributed by atoms with E-state index in [0.29, 0.717) is 23.0 Å². The second kappa shape index (κ2) is 9.04. The van der Waals surface area contributed by atoms with Gasteiger partial charge in [0, 0.05) is 13.1 Å². The van der Waals surface area contributed by atoms with Gasteiger partial charge in [0.15, 0.2) is 5.13 Å². The Balaban J connectivity index is 1.79. The summed E-state index contributed by atoms with van der Waals surface area (Å²) < 4.78 is 6.70. The predicted molar refractivity (Wildman–Crippen MR) is 130 cm³/mol. The Morgan fingerprint density at radius 2 is 1.77 bits per heavy atom. The quantitative estimate of drug-likeness (QED) is 0.400. The summed E-state index contributed by atoms with van der Waals surface area (Å²) in [4.78, 5) is 22.4. The minimum absolute atomic E-state index is 0.0979. The van der Waals surface area contributed by atoms with Crippen LogP contribution in [0.3, 0.4) is 0 Å². The molecule has 0 aliphatic carbocycles. The van der Waals surface area contributed by atoms with Gasteiger partial charge in [-0.1, -0.05) is 48.6 Å². The number of hydrogen-bond donors (Lipinski definition) is 0. The number of carbonyl (C=O) groups excluding carboxylic acids is 1. The number of amides is 1. The number of methoxy groups -OCH3 is 1. The Labute approximate surface area is 186 Å². The van der Waals surface area contributed by atoms with E-state index in [1.807, 2.05) is 56.6 Å². The van der Waals surface area contributed by atoms with Crippen LogP contribution in [0.4, 0.5) is 5.13 Å². The van der Waals surface area contributed by atoms with Gasteiger partial charge in [-0.05, 0) is 61.1 Å². The first-order chi connectivity index (χ1) is 15.0. The minimum Gasteiger partial charge on any atom is -0.496 e. The fourth-order valence-electron chi connectivity index (χ4n) is 3.58. The summed E-state index contributed by atoms with van der Waals surface area (Å²) in [7, 11) is 5.62. The summed E-state index contributed by atoms with van der Waals surface area (Å²) >= 11 is 1.56. The molecule has 0 aliphatic rings. The topological polar surface area (TPSA) is 45.7 Å². The SMILES string of the molecule is CCc1ccc2nc(N(CCN(C)C)C(=O)c3cc4ccccc4cc3OC)sc2c1. The van der Waals surface area contributed by atoms with E-state index in [-0.39, 0.29) is 5.91 Å². The maximum atomic E-state index is 13.8. The molecule has 0 unspecified atom stereocenters. The number of rotatable bonds is 7. The number of thiazole rings is 1. The van der Waals surface area contributed by atoms with Crippen LogP contribution in [0.5, 0.6) is 5.75 Å². The van der Waals surface area contributed by atoms with Crippen LogP contribution < -0.4 is 9.64 Å². The van der Waals surface area contributed by atoms with E-state index >= 15 is 0 Å². The third-order valence-corrected chi connectivity index (χ3v) is 6.44. The lowest BCUT2D eigenvalue weighted by molar-refractivity contribution is 0.0982. The van der Waals surface area contributed by atoms with Crippen molar-refractivity contribution in [3.05, 3.63) is 65.7 Å². The zero-order valence-corrected chi connectivity index (χ0v) is 19.2. The second-order valence-electron chi connectivity index (χ2n) is 7.81. The van der Waals surface area contributed by atoms with E-state index in [0.717, 1.165) is 34.0 Å². The molecular formula is C25H27N3O2S. The summed E-state index contributed by atoms with van der Waals surface area (Å²) in [5.74, 6) is 0.479. The molecule has 0 fully saturated rings. The molecule has 0 saturated carbocycles. The fraction of sp³-hybridized carbons (Fsp3) is 0.280. The minimum atomic E-state index is -0.0979. The van der Waals surface area contributed by atoms with Gasteiger partial charge in [-0.25, -0.2) is 4.98 Å². The molecule has 0 aliphatic heterocycles. The summed E-state index contributed by atoms with van der Waals surface area (Å²) in [6.45, 7) is 3.42. The standard InChI is InChI=1S/C25H27N3O2S/c1-5-17-10-11-21-23(14-17)31-25(26-21)28(13-12-27(2)3)24(29)20-15-18-8-6-7-9-19(18)16-22(20)30-4/h6-11,14-16H,5,12-13H2,1-4H3. The van der Waals surface area contributed by atoms with Gasteiger partial charge in [0.2, 0.25) is 0 Å². The Morgan fingerprint density at radius 3 is 2.45 bits per heavy atom. The smallest absolute Gasteiger partial charge is 0.263 e. The molecule has 0 spiro atoms. The molecule has 4 rings (SSSR count). The molecule has 31 heavy (non-hydrogen) atoms. The lowest BCUT2D eigenvalue weighted by atomic mass is 10.0. The highest BCUT2D eigenvalue weighted by Gasteiger charge is 2.24. The molecule has 160 valence electrons. The number of hydrogen-bond acceptors (Lipinski definition) is 5. The lowest BCUT2D eigenvalue weighted by Gasteiger charge is -2.23. The Bertz CT molecular complexity index is 1230. The molecule has 0 bridgehead atoms. The maximum Gasteiger partial charge on any atom is 0.263 e. The largest absolute Gasteiger partial charge is 0.496 e. The van der Waals surface area contributed by atoms with Crippen molar-refractivity contribution < 1.29 is 9.53 Å². The van der Waals surface area contributed by atoms with Gasteiger partial charge >= 0.3 is 0 Å². The second-order valence-corrected chi connectivity index (χ2v) is 8.82. The van der Waals surface area contributed by atoms with Gasteiger partial charge in [-0.2, -0.15) is 0 Å². The molecule has 0 atom stereocenters. The summed E-state index contributed by atoms with van der Waals surface area (Å²) in [6, 6.07) is 18.2. The van der Waals surface area contributed by atoms with Crippen LogP contribution in [0.2, 0.25) is 0 Å². The van der Waals surface area contributed by atoms with Crippen LogP contribution in [0, 0.1) is 0 Å². The Hall–Kier alpha value is -2.96. The van der Waals surface area contributed by atoms with E-state index in [4.69, 9.17) is 9.72 Å². The fourth-order valence-corrected chi connectivity index (χ4v) is 4.63. The summed E-state index contributed by atoms with van der Waals surface area (Å²) in [6.07, 6.45) is 0.973. The van der Waals surface area contributed by atoms with Crippen LogP contribution >= 0.6 is 11.3 Å². The molecular weight excluding hydrogens is 406 g/mol. The summed E-state index contributed by atoms with van der Waals surface area (Å²) in [5, 5.41) is 2.77. The van der Waals surface area contributed by atoms with Crippen LogP contribution in [0.25, 0.3) is 21.0 Å². The first-order valence-corrected chi connectivity index (χ1v) is 11.2. The van der Waals surface area contributed by atoms with Crippen LogP contribution in [0.15, 0.2) is 54.6 Å². The van der Waals surface area contributed by atoms with Crippen molar-refractivity contribution in [1.29, 1.82) is 0 Å². The molecule has 1 amide bonds. The lowest BCUT2D eigenvalue weighted by Crippen LogP contribution is -2.37. The number of anilines is 1. The van der Waals surface area contributed by atoms with Crippen LogP contribution in [-0.4, -0.2) is 50.1 Å². The van der Waals surface area contributed by atoms with Gasteiger partial charge < -0.3 is 9.64 Å². The molecule has 4 aromatic rings. The van der Waals surface area contributed by atoms with E-state index in [1.165, 1.54) is 5.56 Å². The van der Waals surface area contributed by atoms with Gasteiger partial charge in [0.1, 0.15) is 5.75 Å². The van der Waals surface area contributed by atoms with Crippen LogP contribution in [-0.2, 0) is 6.42 Å². The van der Waals surface area contributed by atoms with Crippen molar-refractivity contribution in [2.75, 3.05) is 39.2 Å². The molecule has 0 saturated heterocycles. The highest BCUT2D eigenvalue weighted by molar-refractivity contribution is 7.22. The Kier molecular flexibility index (Phi) is 6.20. The van der Waals surface area contributed by atoms with E-state index in [9.17, 15) is 4.79 Å². The zero-order chi connectivity index (χ0) is 22.0. The van der Waals surface area contributed by atoms with Crippen molar-refractivity contribution in [1.82, 2.24) is 9.88 Å². The zero-order valence-electron chi connectivity index (χ0n) is 18.4. The van der Waals surface area contributed by atoms with Crippen molar-refractivity contribution in [2.45, 2.75) is 13.3 Å². The van der Waals surface area contributed by atoms with Crippen molar-refractivity contribution in [3.8, 4) is 5.75 Å². The number of ether oxygens (including phenoxy) is 1. The molecule has 6 heteroatoms. The number of aryl methyl sites for hydroxylation is 1. The van der Waals surface area contributed by atoms with E-state index < -0.39 is 0 Å². The highest BCUT2D eigenvalue weighted by Crippen LogP contribution is 2.33. The average molecular weight is 434 g/mol. The third-order valence-electron chi connectivity index (χ3n) is 5.39. The van der Waals surface area contributed by atoms with Gasteiger partial charge in [-0.15, -0.1) is 0 Å². The van der Waals surface area contributed by atoms with Gasteiger partial charge in [0.25, 0.3) is 5.91 Å². The first kappa shape index (κ1) is 21.3. The normalized spacial score (nSPS) is 11.4. The number of nitrogens with zero attached hydrogens (tertiary/aromatic N) is 3. The van der Waals surface area contributed by atoms with Gasteiger partial charge in [0.05, 0.1) is 22.9 Å². The molecule has 1 aromatic heterocycles. The molecule has 0 radical (unpaired) electrons. The number of aromatic nitrogens is 1. The number of benzene rings is 3. The Morgan fingerprint density at radius 1 is 1.03 bits per heavy atom. The third kappa shape index (κ3) is 4.40. The predicted octanol–water partition coefficient (Wildman–Crippen LogP) is 5.23. The van der Waals surface area contributed by atoms with Crippen molar-refractivity contribution in [2.24, 2.45) is 0 Å². The number of fused-ring (bicyclic) bond motifs is 2. The number of carbonyl (C=O) groups is 1.